The van der Waals surface area contributed by atoms with Crippen LogP contribution in [-0.4, -0.2) is 20.2 Å². The lowest BCUT2D eigenvalue weighted by atomic mass is 9.33. The first-order valence-electron chi connectivity index (χ1n) is 35.4. The highest BCUT2D eigenvalue weighted by molar-refractivity contribution is 7.00. The number of anilines is 6. The van der Waals surface area contributed by atoms with Crippen molar-refractivity contribution in [1.82, 2.24) is 13.5 Å². The average molecular weight is 1290 g/mol. The molecule has 0 aliphatic carbocycles. The van der Waals surface area contributed by atoms with Gasteiger partial charge in [0.15, 0.2) is 0 Å². The zero-order valence-corrected chi connectivity index (χ0v) is 55.5. The Bertz CT molecular complexity index is 6290. The molecule has 472 valence electrons. The lowest BCUT2D eigenvalue weighted by molar-refractivity contribution is 1.17. The molecule has 4 aromatic heterocycles. The second-order valence-corrected chi connectivity index (χ2v) is 27.4. The molecule has 0 unspecified atom stereocenters. The number of nitrogens with zero attached hydrogens (tertiary/aromatic N) is 5. The second kappa shape index (κ2) is 22.0. The maximum Gasteiger partial charge on any atom is 0.252 e. The molecule has 0 amide bonds. The normalized spacial score (nSPS) is 12.6. The van der Waals surface area contributed by atoms with E-state index in [-0.39, 0.29) is 6.71 Å². The van der Waals surface area contributed by atoms with E-state index in [0.717, 1.165) is 123 Å². The fourth-order valence-corrected chi connectivity index (χ4v) is 17.9. The molecule has 0 atom stereocenters. The largest absolute Gasteiger partial charge is 0.310 e. The van der Waals surface area contributed by atoms with Crippen LogP contribution in [0.1, 0.15) is 0 Å². The first-order chi connectivity index (χ1) is 50.7. The Morgan fingerprint density at radius 1 is 0.206 bits per heavy atom. The number of hydrogen-bond donors (Lipinski definition) is 0. The van der Waals surface area contributed by atoms with Crippen LogP contribution < -0.4 is 26.2 Å². The van der Waals surface area contributed by atoms with Crippen molar-refractivity contribution < 1.29 is 0 Å². The monoisotopic (exact) mass is 1290 g/mol. The third-order valence-electron chi connectivity index (χ3n) is 22.1. The number of hydrogen-bond acceptors (Lipinski definition) is 2. The van der Waals surface area contributed by atoms with E-state index in [2.05, 4.69) is 387 Å². The van der Waals surface area contributed by atoms with Gasteiger partial charge in [0.05, 0.1) is 50.0 Å². The van der Waals surface area contributed by atoms with Gasteiger partial charge in [0.25, 0.3) is 6.71 Å². The molecule has 0 N–H and O–H groups in total. The van der Waals surface area contributed by atoms with Crippen LogP contribution in [0.3, 0.4) is 0 Å². The summed E-state index contributed by atoms with van der Waals surface area (Å²) in [6.45, 7) is -0.258. The fourth-order valence-electron chi connectivity index (χ4n) is 17.9. The topological polar surface area (TPSA) is 20.8 Å². The van der Waals surface area contributed by atoms with Gasteiger partial charge in [-0.05, 0) is 129 Å². The number of fused-ring (bicyclic) bond motifs is 16. The summed E-state index contributed by atoms with van der Waals surface area (Å²) in [6, 6.07) is 137. The molecule has 0 saturated carbocycles. The van der Waals surface area contributed by atoms with Crippen molar-refractivity contribution in [3.63, 3.8) is 0 Å². The molecule has 0 radical (unpaired) electrons. The van der Waals surface area contributed by atoms with E-state index in [9.17, 15) is 0 Å². The molecule has 20 aromatic rings. The Hall–Kier alpha value is -13.4. The molecule has 0 fully saturated rings. The Balaban J connectivity index is 0.922. The first-order valence-corrected chi connectivity index (χ1v) is 35.4. The van der Waals surface area contributed by atoms with Gasteiger partial charge in [-0.1, -0.05) is 285 Å². The third-order valence-corrected chi connectivity index (χ3v) is 22.1. The van der Waals surface area contributed by atoms with Gasteiger partial charge in [-0.2, -0.15) is 0 Å². The Labute approximate surface area is 589 Å². The van der Waals surface area contributed by atoms with Crippen LogP contribution in [0.2, 0.25) is 0 Å². The van der Waals surface area contributed by atoms with E-state index in [0.29, 0.717) is 0 Å². The Morgan fingerprint density at radius 3 is 0.951 bits per heavy atom. The van der Waals surface area contributed by atoms with Crippen LogP contribution in [-0.2, 0) is 0 Å². The van der Waals surface area contributed by atoms with E-state index in [4.69, 9.17) is 0 Å². The Kier molecular flexibility index (Phi) is 12.2. The van der Waals surface area contributed by atoms with Crippen molar-refractivity contribution in [2.45, 2.75) is 0 Å². The Morgan fingerprint density at radius 2 is 0.539 bits per heavy atom. The minimum atomic E-state index is -0.258. The number of aromatic nitrogens is 3. The summed E-state index contributed by atoms with van der Waals surface area (Å²) >= 11 is 0. The SMILES string of the molecule is c1ccc(-c2cccc(-c3ccccc3)c2N2c3cc(-n4c5ccccc5c5ccccc54)ccc3B3c4ccc(-n5c6ccccc6c6ccccc65)cc4N(c4c(-c5ccccc5)cccc4-c4ccccc4)c4cc(-c5ccc6c(c5)c5cccc7c8ccccc8n6c75)cc2c43)cc1. The smallest absolute Gasteiger partial charge is 0.252 e. The van der Waals surface area contributed by atoms with E-state index >= 15 is 0 Å². The van der Waals surface area contributed by atoms with Crippen molar-refractivity contribution >= 4 is 139 Å². The molecule has 22 rings (SSSR count). The van der Waals surface area contributed by atoms with Crippen LogP contribution in [0.25, 0.3) is 149 Å². The van der Waals surface area contributed by atoms with Crippen molar-refractivity contribution in [2.24, 2.45) is 0 Å². The summed E-state index contributed by atoms with van der Waals surface area (Å²) in [7, 11) is 0. The van der Waals surface area contributed by atoms with Gasteiger partial charge in [0.2, 0.25) is 0 Å². The lowest BCUT2D eigenvalue weighted by Crippen LogP contribution is -2.61. The lowest BCUT2D eigenvalue weighted by Gasteiger charge is -2.46. The quantitative estimate of drug-likeness (QED) is 0.134. The van der Waals surface area contributed by atoms with Crippen LogP contribution in [0.4, 0.5) is 34.1 Å². The predicted octanol–water partition coefficient (Wildman–Crippen LogP) is 23.4. The standard InChI is InChI=1S/C96H60BN5/c1-5-26-61(27-6-1)69-39-23-40-70(62-28-7-2-8-29-62)94(69)101-89-59-67(98-83-45-18-13-34-73(83)74-35-14-19-46-84(74)98)51-53-81(89)97-82-54-52-68(99-85-47-20-15-36-75(85)76-37-16-21-48-86(76)99)60-90(82)102(95-71(63-30-9-3-10-31-63)41-24-42-72(95)64-32-11-4-12-33-64)92-58-66(57-91(101)93(92)97)65-50-55-88-80(56-65)79-44-25-43-78-77-38-17-22-49-87(77)100(88)96(78)79/h1-60H. The van der Waals surface area contributed by atoms with Crippen LogP contribution in [0, 0.1) is 0 Å². The highest BCUT2D eigenvalue weighted by Crippen LogP contribution is 2.55. The molecule has 0 saturated heterocycles. The summed E-state index contributed by atoms with van der Waals surface area (Å²) < 4.78 is 7.48. The van der Waals surface area contributed by atoms with Crippen molar-refractivity contribution in [2.75, 3.05) is 9.80 Å². The van der Waals surface area contributed by atoms with Gasteiger partial charge in [0.1, 0.15) is 0 Å². The molecule has 6 heteroatoms. The maximum absolute atomic E-state index is 2.69. The molecule has 2 aliphatic heterocycles. The molecule has 0 spiro atoms. The van der Waals surface area contributed by atoms with Gasteiger partial charge in [-0.15, -0.1) is 0 Å². The number of benzene rings is 16. The van der Waals surface area contributed by atoms with E-state index in [1.165, 1.54) is 76.0 Å². The molecule has 16 aromatic carbocycles. The first kappa shape index (κ1) is 56.6. The van der Waals surface area contributed by atoms with Crippen LogP contribution >= 0.6 is 0 Å². The van der Waals surface area contributed by atoms with Gasteiger partial charge in [-0.25, -0.2) is 0 Å². The highest BCUT2D eigenvalue weighted by Gasteiger charge is 2.46. The molecule has 102 heavy (non-hydrogen) atoms. The fraction of sp³-hybridized carbons (Fsp3) is 0. The molecular weight excluding hydrogens is 1230 g/mol. The number of para-hydroxylation sites is 8. The predicted molar refractivity (Wildman–Crippen MR) is 431 cm³/mol. The summed E-state index contributed by atoms with van der Waals surface area (Å²) in [5, 5.41) is 9.90. The minimum Gasteiger partial charge on any atom is -0.310 e. The third kappa shape index (κ3) is 8.17. The van der Waals surface area contributed by atoms with Crippen molar-refractivity contribution in [1.29, 1.82) is 0 Å². The summed E-state index contributed by atoms with van der Waals surface area (Å²) in [6.07, 6.45) is 0. The highest BCUT2D eigenvalue weighted by atomic mass is 15.2. The van der Waals surface area contributed by atoms with Crippen molar-refractivity contribution in [3.8, 4) is 67.0 Å². The molecule has 0 bridgehead atoms. The average Bonchev–Trinajstić information content (AvgIpc) is 0.731. The van der Waals surface area contributed by atoms with Crippen LogP contribution in [0.5, 0.6) is 0 Å². The zero-order valence-electron chi connectivity index (χ0n) is 55.5. The summed E-state index contributed by atoms with van der Waals surface area (Å²) in [4.78, 5) is 5.39. The zero-order chi connectivity index (χ0) is 66.7. The number of rotatable bonds is 9. The van der Waals surface area contributed by atoms with Gasteiger partial charge >= 0.3 is 0 Å². The van der Waals surface area contributed by atoms with E-state index in [1.54, 1.807) is 0 Å². The molecule has 5 nitrogen and oxygen atoms in total. The summed E-state index contributed by atoms with van der Waals surface area (Å²) in [5.41, 5.74) is 32.1. The summed E-state index contributed by atoms with van der Waals surface area (Å²) in [5.74, 6) is 0. The molecular formula is C96H60BN5. The van der Waals surface area contributed by atoms with E-state index in [1.807, 2.05) is 0 Å². The molecule has 6 heterocycles. The van der Waals surface area contributed by atoms with Gasteiger partial charge in [-0.3, -0.25) is 0 Å². The van der Waals surface area contributed by atoms with Gasteiger partial charge in [0, 0.05) is 99.5 Å². The maximum atomic E-state index is 2.69. The van der Waals surface area contributed by atoms with Crippen molar-refractivity contribution in [3.05, 3.63) is 364 Å². The minimum absolute atomic E-state index is 0.258. The molecule has 2 aliphatic rings. The van der Waals surface area contributed by atoms with Gasteiger partial charge < -0.3 is 23.3 Å². The van der Waals surface area contributed by atoms with E-state index < -0.39 is 0 Å². The second-order valence-electron chi connectivity index (χ2n) is 27.4. The van der Waals surface area contributed by atoms with Crippen LogP contribution in [0.15, 0.2) is 364 Å².